The number of hydrogen-bond acceptors (Lipinski definition) is 4. The van der Waals surface area contributed by atoms with Crippen molar-refractivity contribution in [2.24, 2.45) is 0 Å². The van der Waals surface area contributed by atoms with E-state index in [0.717, 1.165) is 11.3 Å². The standard InChI is InChI=1S/C19H17N3O3/c1-12-7-8-22(19(25)15(12)10-20)11-17(23)14-3-5-16-13(9-14)4-6-18(24)21(16)2/h3,5,7-9H,4,6,11H2,1-2H3. The number of Topliss-reactive ketones (excluding diaryl/α,β-unsaturated/α-hetero) is 1. The van der Waals surface area contributed by atoms with Crippen LogP contribution in [-0.4, -0.2) is 23.3 Å². The first-order valence-electron chi connectivity index (χ1n) is 7.95. The Labute approximate surface area is 144 Å². The minimum atomic E-state index is -0.459. The summed E-state index contributed by atoms with van der Waals surface area (Å²) in [6.07, 6.45) is 2.55. The molecule has 1 aliphatic rings. The van der Waals surface area contributed by atoms with Crippen LogP contribution in [0.2, 0.25) is 0 Å². The van der Waals surface area contributed by atoms with Crippen molar-refractivity contribution in [1.82, 2.24) is 4.57 Å². The third kappa shape index (κ3) is 2.96. The van der Waals surface area contributed by atoms with Gasteiger partial charge in [-0.1, -0.05) is 0 Å². The summed E-state index contributed by atoms with van der Waals surface area (Å²) in [5.74, 6) is -0.154. The molecule has 1 aromatic heterocycles. The average molecular weight is 335 g/mol. The number of benzene rings is 1. The third-order valence-corrected chi connectivity index (χ3v) is 4.54. The molecule has 3 rings (SSSR count). The van der Waals surface area contributed by atoms with Crippen molar-refractivity contribution >= 4 is 17.4 Å². The van der Waals surface area contributed by atoms with E-state index in [1.165, 1.54) is 10.8 Å². The fraction of sp³-hybridized carbons (Fsp3) is 0.263. The molecule has 0 radical (unpaired) electrons. The number of aryl methyl sites for hydroxylation is 2. The van der Waals surface area contributed by atoms with Crippen molar-refractivity contribution in [2.45, 2.75) is 26.3 Å². The van der Waals surface area contributed by atoms with Crippen LogP contribution in [-0.2, 0) is 17.8 Å². The molecule has 0 N–H and O–H groups in total. The van der Waals surface area contributed by atoms with Gasteiger partial charge in [-0.25, -0.2) is 0 Å². The molecule has 1 aromatic carbocycles. The molecule has 0 saturated heterocycles. The van der Waals surface area contributed by atoms with Gasteiger partial charge in [0.25, 0.3) is 5.56 Å². The van der Waals surface area contributed by atoms with E-state index < -0.39 is 5.56 Å². The van der Waals surface area contributed by atoms with Gasteiger partial charge in [-0.15, -0.1) is 0 Å². The van der Waals surface area contributed by atoms with Crippen LogP contribution < -0.4 is 10.5 Å². The number of pyridine rings is 1. The molecule has 0 aliphatic carbocycles. The van der Waals surface area contributed by atoms with E-state index in [4.69, 9.17) is 5.26 Å². The van der Waals surface area contributed by atoms with Crippen molar-refractivity contribution in [2.75, 3.05) is 11.9 Å². The van der Waals surface area contributed by atoms with Gasteiger partial charge in [0.05, 0.1) is 6.54 Å². The smallest absolute Gasteiger partial charge is 0.269 e. The molecule has 0 spiro atoms. The Kier molecular flexibility index (Phi) is 4.24. The number of fused-ring (bicyclic) bond motifs is 1. The van der Waals surface area contributed by atoms with Gasteiger partial charge < -0.3 is 9.47 Å². The number of aromatic nitrogens is 1. The third-order valence-electron chi connectivity index (χ3n) is 4.54. The second-order valence-corrected chi connectivity index (χ2v) is 6.14. The van der Waals surface area contributed by atoms with Gasteiger partial charge in [-0.2, -0.15) is 5.26 Å². The lowest BCUT2D eigenvalue weighted by molar-refractivity contribution is -0.118. The Morgan fingerprint density at radius 3 is 2.72 bits per heavy atom. The molecule has 0 fully saturated rings. The zero-order valence-electron chi connectivity index (χ0n) is 14.1. The van der Waals surface area contributed by atoms with Crippen molar-refractivity contribution in [3.63, 3.8) is 0 Å². The molecule has 6 heteroatoms. The first-order valence-corrected chi connectivity index (χ1v) is 7.95. The number of nitriles is 1. The number of carbonyl (C=O) groups excluding carboxylic acids is 2. The van der Waals surface area contributed by atoms with Gasteiger partial charge in [0.2, 0.25) is 5.91 Å². The zero-order chi connectivity index (χ0) is 18.1. The van der Waals surface area contributed by atoms with Gasteiger partial charge in [0, 0.05) is 30.9 Å². The molecule has 0 bridgehead atoms. The van der Waals surface area contributed by atoms with Crippen LogP contribution in [0.25, 0.3) is 0 Å². The second kappa shape index (κ2) is 6.36. The number of nitrogens with zero attached hydrogens (tertiary/aromatic N) is 3. The van der Waals surface area contributed by atoms with E-state index in [-0.39, 0.29) is 23.8 Å². The molecule has 1 amide bonds. The van der Waals surface area contributed by atoms with Gasteiger partial charge in [0.1, 0.15) is 11.6 Å². The number of ketones is 1. The highest BCUT2D eigenvalue weighted by Crippen LogP contribution is 2.27. The summed E-state index contributed by atoms with van der Waals surface area (Å²) in [5, 5.41) is 9.07. The van der Waals surface area contributed by atoms with Gasteiger partial charge >= 0.3 is 0 Å². The Hall–Kier alpha value is -3.20. The Bertz CT molecular complexity index is 982. The summed E-state index contributed by atoms with van der Waals surface area (Å²) >= 11 is 0. The SMILES string of the molecule is Cc1ccn(CC(=O)c2ccc3c(c2)CCC(=O)N3C)c(=O)c1C#N. The number of amides is 1. The number of rotatable bonds is 3. The van der Waals surface area contributed by atoms with Crippen LogP contribution >= 0.6 is 0 Å². The van der Waals surface area contributed by atoms with Crippen LogP contribution in [0.5, 0.6) is 0 Å². The molecule has 126 valence electrons. The minimum absolute atomic E-state index is 0.0564. The molecule has 0 saturated carbocycles. The molecule has 1 aliphatic heterocycles. The van der Waals surface area contributed by atoms with E-state index in [1.54, 1.807) is 43.1 Å². The molecule has 2 aromatic rings. The lowest BCUT2D eigenvalue weighted by Gasteiger charge is -2.26. The first-order chi connectivity index (χ1) is 11.9. The normalized spacial score (nSPS) is 13.3. The number of hydrogen-bond donors (Lipinski definition) is 0. The van der Waals surface area contributed by atoms with E-state index in [0.29, 0.717) is 24.0 Å². The number of anilines is 1. The van der Waals surface area contributed by atoms with Crippen LogP contribution in [0.3, 0.4) is 0 Å². The van der Waals surface area contributed by atoms with Gasteiger partial charge in [-0.05, 0) is 48.7 Å². The molecular weight excluding hydrogens is 318 g/mol. The Morgan fingerprint density at radius 2 is 2.00 bits per heavy atom. The second-order valence-electron chi connectivity index (χ2n) is 6.14. The minimum Gasteiger partial charge on any atom is -0.315 e. The van der Waals surface area contributed by atoms with Crippen LogP contribution in [0.1, 0.15) is 33.5 Å². The van der Waals surface area contributed by atoms with Crippen molar-refractivity contribution < 1.29 is 9.59 Å². The fourth-order valence-corrected chi connectivity index (χ4v) is 3.00. The van der Waals surface area contributed by atoms with Crippen LogP contribution in [0, 0.1) is 18.3 Å². The highest BCUT2D eigenvalue weighted by Gasteiger charge is 2.22. The van der Waals surface area contributed by atoms with Crippen LogP contribution in [0.15, 0.2) is 35.3 Å². The van der Waals surface area contributed by atoms with Gasteiger partial charge in [-0.3, -0.25) is 14.4 Å². The van der Waals surface area contributed by atoms with Crippen molar-refractivity contribution in [3.8, 4) is 6.07 Å². The molecule has 0 unspecified atom stereocenters. The summed E-state index contributed by atoms with van der Waals surface area (Å²) in [6.45, 7) is 1.56. The number of carbonyl (C=O) groups is 2. The predicted molar refractivity (Wildman–Crippen MR) is 92.7 cm³/mol. The first kappa shape index (κ1) is 16.7. The summed E-state index contributed by atoms with van der Waals surface area (Å²) in [5.41, 5.74) is 2.44. The maximum absolute atomic E-state index is 12.6. The Balaban J connectivity index is 1.90. The van der Waals surface area contributed by atoms with Crippen molar-refractivity contribution in [1.29, 1.82) is 5.26 Å². The lowest BCUT2D eigenvalue weighted by atomic mass is 9.97. The van der Waals surface area contributed by atoms with Crippen LogP contribution in [0.4, 0.5) is 5.69 Å². The lowest BCUT2D eigenvalue weighted by Crippen LogP contribution is -2.31. The predicted octanol–water partition coefficient (Wildman–Crippen LogP) is 1.82. The maximum Gasteiger partial charge on any atom is 0.269 e. The Morgan fingerprint density at radius 1 is 1.24 bits per heavy atom. The molecule has 2 heterocycles. The zero-order valence-corrected chi connectivity index (χ0v) is 14.1. The summed E-state index contributed by atoms with van der Waals surface area (Å²) in [7, 11) is 1.72. The van der Waals surface area contributed by atoms with E-state index in [1.807, 2.05) is 6.07 Å². The van der Waals surface area contributed by atoms with Crippen molar-refractivity contribution in [3.05, 3.63) is 63.1 Å². The largest absolute Gasteiger partial charge is 0.315 e. The molecule has 6 nitrogen and oxygen atoms in total. The molecule has 0 atom stereocenters. The summed E-state index contributed by atoms with van der Waals surface area (Å²) < 4.78 is 1.25. The fourth-order valence-electron chi connectivity index (χ4n) is 3.00. The monoisotopic (exact) mass is 335 g/mol. The van der Waals surface area contributed by atoms with E-state index in [9.17, 15) is 14.4 Å². The highest BCUT2D eigenvalue weighted by molar-refractivity contribution is 5.99. The summed E-state index contributed by atoms with van der Waals surface area (Å²) in [6, 6.07) is 8.75. The maximum atomic E-state index is 12.6. The quantitative estimate of drug-likeness (QED) is 0.801. The molecule has 25 heavy (non-hydrogen) atoms. The highest BCUT2D eigenvalue weighted by atomic mass is 16.2. The molecular formula is C19H17N3O3. The van der Waals surface area contributed by atoms with E-state index in [2.05, 4.69) is 0 Å². The summed E-state index contributed by atoms with van der Waals surface area (Å²) in [4.78, 5) is 38.1. The van der Waals surface area contributed by atoms with Gasteiger partial charge in [0.15, 0.2) is 5.78 Å². The average Bonchev–Trinajstić information content (AvgIpc) is 2.61. The van der Waals surface area contributed by atoms with E-state index >= 15 is 0 Å². The topological polar surface area (TPSA) is 83.2 Å².